The van der Waals surface area contributed by atoms with Gasteiger partial charge in [0, 0.05) is 4.47 Å². The molecule has 22 heavy (non-hydrogen) atoms. The van der Waals surface area contributed by atoms with Crippen LogP contribution in [0.4, 0.5) is 5.69 Å². The summed E-state index contributed by atoms with van der Waals surface area (Å²) in [5.41, 5.74) is 0.323. The van der Waals surface area contributed by atoms with Crippen LogP contribution in [-0.4, -0.2) is 22.6 Å². The van der Waals surface area contributed by atoms with Crippen LogP contribution >= 0.6 is 27.5 Å². The third-order valence-corrected chi connectivity index (χ3v) is 4.99. The Kier molecular flexibility index (Phi) is 5.20. The summed E-state index contributed by atoms with van der Waals surface area (Å²) < 4.78 is 38.3. The molecule has 2 rings (SSSR count). The summed E-state index contributed by atoms with van der Waals surface area (Å²) in [5, 5.41) is 0.214. The molecular weight excluding hydrogens is 394 g/mol. The highest BCUT2D eigenvalue weighted by molar-refractivity contribution is 9.10. The van der Waals surface area contributed by atoms with Crippen molar-refractivity contribution in [2.75, 3.05) is 18.9 Å². The molecule has 0 bridgehead atoms. The normalized spacial score (nSPS) is 11.1. The molecule has 0 radical (unpaired) electrons. The number of halogens is 2. The fourth-order valence-corrected chi connectivity index (χ4v) is 3.55. The van der Waals surface area contributed by atoms with Gasteiger partial charge in [0.2, 0.25) is 0 Å². The summed E-state index contributed by atoms with van der Waals surface area (Å²) in [5.74, 6) is 0.812. The van der Waals surface area contributed by atoms with Crippen LogP contribution in [0.1, 0.15) is 0 Å². The second-order valence-electron chi connectivity index (χ2n) is 4.25. The molecule has 0 heterocycles. The van der Waals surface area contributed by atoms with Crippen LogP contribution in [0.5, 0.6) is 11.5 Å². The van der Waals surface area contributed by atoms with Gasteiger partial charge in [-0.2, -0.15) is 0 Å². The zero-order valence-electron chi connectivity index (χ0n) is 11.8. The van der Waals surface area contributed by atoms with Crippen LogP contribution in [-0.2, 0) is 10.0 Å². The summed E-state index contributed by atoms with van der Waals surface area (Å²) in [6.45, 7) is 0. The molecule has 0 unspecified atom stereocenters. The van der Waals surface area contributed by atoms with Crippen molar-refractivity contribution < 1.29 is 17.9 Å². The highest BCUT2D eigenvalue weighted by atomic mass is 79.9. The average molecular weight is 407 g/mol. The molecule has 0 fully saturated rings. The van der Waals surface area contributed by atoms with Gasteiger partial charge >= 0.3 is 0 Å². The van der Waals surface area contributed by atoms with Crippen LogP contribution < -0.4 is 14.2 Å². The number of hydrogen-bond acceptors (Lipinski definition) is 4. The summed E-state index contributed by atoms with van der Waals surface area (Å²) in [6.07, 6.45) is 0. The molecule has 0 aliphatic carbocycles. The molecule has 0 aliphatic rings. The number of methoxy groups -OCH3 is 2. The van der Waals surface area contributed by atoms with E-state index in [0.717, 1.165) is 4.47 Å². The maximum Gasteiger partial charge on any atom is 0.262 e. The van der Waals surface area contributed by atoms with Crippen molar-refractivity contribution in [2.24, 2.45) is 0 Å². The second kappa shape index (κ2) is 6.76. The SMILES string of the molecule is COc1ccc(S(=O)(=O)Nc2cc(Br)ccc2OC)cc1Cl. The molecule has 0 aromatic heterocycles. The highest BCUT2D eigenvalue weighted by Gasteiger charge is 2.18. The Morgan fingerprint density at radius 1 is 1.05 bits per heavy atom. The van der Waals surface area contributed by atoms with Crippen LogP contribution in [0.25, 0.3) is 0 Å². The molecule has 1 N–H and O–H groups in total. The number of nitrogens with one attached hydrogen (secondary N) is 1. The second-order valence-corrected chi connectivity index (χ2v) is 7.25. The van der Waals surface area contributed by atoms with E-state index >= 15 is 0 Å². The third-order valence-electron chi connectivity index (χ3n) is 2.84. The van der Waals surface area contributed by atoms with Gasteiger partial charge in [0.05, 0.1) is 29.8 Å². The first kappa shape index (κ1) is 16.9. The van der Waals surface area contributed by atoms with E-state index in [1.807, 2.05) is 0 Å². The molecule has 5 nitrogen and oxygen atoms in total. The zero-order chi connectivity index (χ0) is 16.3. The average Bonchev–Trinajstić information content (AvgIpc) is 2.47. The first-order chi connectivity index (χ1) is 10.4. The number of anilines is 1. The van der Waals surface area contributed by atoms with Gasteiger partial charge in [0.1, 0.15) is 11.5 Å². The summed E-state index contributed by atoms with van der Waals surface area (Å²) >= 11 is 9.26. The smallest absolute Gasteiger partial charge is 0.262 e. The quantitative estimate of drug-likeness (QED) is 0.817. The Morgan fingerprint density at radius 2 is 1.68 bits per heavy atom. The molecule has 0 aliphatic heterocycles. The Morgan fingerprint density at radius 3 is 2.27 bits per heavy atom. The molecule has 8 heteroatoms. The molecule has 0 amide bonds. The largest absolute Gasteiger partial charge is 0.495 e. The molecule has 2 aromatic rings. The van der Waals surface area contributed by atoms with Gasteiger partial charge in [0.15, 0.2) is 0 Å². The van der Waals surface area contributed by atoms with Gasteiger partial charge in [-0.15, -0.1) is 0 Å². The van der Waals surface area contributed by atoms with E-state index < -0.39 is 10.0 Å². The Labute approximate surface area is 142 Å². The minimum Gasteiger partial charge on any atom is -0.495 e. The first-order valence-corrected chi connectivity index (χ1v) is 8.72. The summed E-state index contributed by atoms with van der Waals surface area (Å²) in [6, 6.07) is 9.26. The molecule has 0 spiro atoms. The van der Waals surface area contributed by atoms with Crippen molar-refractivity contribution in [3.8, 4) is 11.5 Å². The summed E-state index contributed by atoms with van der Waals surface area (Å²) in [4.78, 5) is 0.0281. The van der Waals surface area contributed by atoms with E-state index in [0.29, 0.717) is 17.2 Å². The van der Waals surface area contributed by atoms with Gasteiger partial charge in [-0.05, 0) is 36.4 Å². The number of rotatable bonds is 5. The number of sulfonamides is 1. The van der Waals surface area contributed by atoms with Crippen molar-refractivity contribution in [1.82, 2.24) is 0 Å². The van der Waals surface area contributed by atoms with Crippen molar-refractivity contribution >= 4 is 43.2 Å². The van der Waals surface area contributed by atoms with Gasteiger partial charge < -0.3 is 9.47 Å². The lowest BCUT2D eigenvalue weighted by Crippen LogP contribution is -2.13. The highest BCUT2D eigenvalue weighted by Crippen LogP contribution is 2.32. The topological polar surface area (TPSA) is 64.6 Å². The maximum atomic E-state index is 12.5. The fraction of sp³-hybridized carbons (Fsp3) is 0.143. The Bertz CT molecular complexity index is 795. The predicted molar refractivity (Wildman–Crippen MR) is 89.5 cm³/mol. The first-order valence-electron chi connectivity index (χ1n) is 6.07. The zero-order valence-corrected chi connectivity index (χ0v) is 14.9. The number of hydrogen-bond donors (Lipinski definition) is 1. The summed E-state index contributed by atoms with van der Waals surface area (Å²) in [7, 11) is -0.879. The van der Waals surface area contributed by atoms with E-state index in [1.165, 1.54) is 32.4 Å². The molecule has 0 atom stereocenters. The van der Waals surface area contributed by atoms with E-state index in [9.17, 15) is 8.42 Å². The maximum absolute atomic E-state index is 12.5. The fourth-order valence-electron chi connectivity index (χ4n) is 1.78. The van der Waals surface area contributed by atoms with E-state index in [1.54, 1.807) is 18.2 Å². The molecule has 0 saturated carbocycles. The third kappa shape index (κ3) is 3.66. The Hall–Kier alpha value is -1.44. The minimum atomic E-state index is -3.80. The molecule has 118 valence electrons. The van der Waals surface area contributed by atoms with Crippen LogP contribution in [0, 0.1) is 0 Å². The van der Waals surface area contributed by atoms with Gasteiger partial charge in [0.25, 0.3) is 10.0 Å². The lowest BCUT2D eigenvalue weighted by atomic mass is 10.3. The lowest BCUT2D eigenvalue weighted by Gasteiger charge is -2.13. The van der Waals surface area contributed by atoms with Crippen LogP contribution in [0.2, 0.25) is 5.02 Å². The van der Waals surface area contributed by atoms with Crippen molar-refractivity contribution in [3.63, 3.8) is 0 Å². The van der Waals surface area contributed by atoms with Gasteiger partial charge in [-0.1, -0.05) is 27.5 Å². The van der Waals surface area contributed by atoms with Crippen LogP contribution in [0.3, 0.4) is 0 Å². The predicted octanol–water partition coefficient (Wildman–Crippen LogP) is 3.92. The van der Waals surface area contributed by atoms with Crippen molar-refractivity contribution in [3.05, 3.63) is 45.9 Å². The van der Waals surface area contributed by atoms with E-state index in [2.05, 4.69) is 20.7 Å². The van der Waals surface area contributed by atoms with Crippen molar-refractivity contribution in [2.45, 2.75) is 4.90 Å². The van der Waals surface area contributed by atoms with Crippen molar-refractivity contribution in [1.29, 1.82) is 0 Å². The van der Waals surface area contributed by atoms with E-state index in [4.69, 9.17) is 21.1 Å². The molecular formula is C14H13BrClNO4S. The number of benzene rings is 2. The standard InChI is InChI=1S/C14H13BrClNO4S/c1-20-13-6-4-10(8-11(13)16)22(18,19)17-12-7-9(15)3-5-14(12)21-2/h3-8,17H,1-2H3. The molecule has 2 aromatic carbocycles. The number of ether oxygens (including phenoxy) is 2. The minimum absolute atomic E-state index is 0.0281. The monoisotopic (exact) mass is 405 g/mol. The van der Waals surface area contributed by atoms with E-state index in [-0.39, 0.29) is 9.92 Å². The van der Waals surface area contributed by atoms with Gasteiger partial charge in [-0.3, -0.25) is 4.72 Å². The van der Waals surface area contributed by atoms with Gasteiger partial charge in [-0.25, -0.2) is 8.42 Å². The molecule has 0 saturated heterocycles. The Balaban J connectivity index is 2.40. The lowest BCUT2D eigenvalue weighted by molar-refractivity contribution is 0.414. The van der Waals surface area contributed by atoms with Crippen LogP contribution in [0.15, 0.2) is 45.8 Å².